The Balaban J connectivity index is 2.31. The lowest BCUT2D eigenvalue weighted by Crippen LogP contribution is -2.13. The van der Waals surface area contributed by atoms with E-state index in [1.165, 1.54) is 0 Å². The highest BCUT2D eigenvalue weighted by molar-refractivity contribution is 5.69. The van der Waals surface area contributed by atoms with E-state index in [-0.39, 0.29) is 5.82 Å². The van der Waals surface area contributed by atoms with Gasteiger partial charge in [0.05, 0.1) is 5.69 Å². The van der Waals surface area contributed by atoms with Crippen LogP contribution < -0.4 is 5.32 Å². The number of rotatable bonds is 6. The smallest absolute Gasteiger partial charge is 0.131 e. The summed E-state index contributed by atoms with van der Waals surface area (Å²) in [6.07, 6.45) is 1.08. The van der Waals surface area contributed by atoms with Gasteiger partial charge in [0.15, 0.2) is 0 Å². The Morgan fingerprint density at radius 2 is 2.00 bits per heavy atom. The molecule has 0 saturated heterocycles. The molecule has 0 amide bonds. The molecule has 2 rings (SSSR count). The lowest BCUT2D eigenvalue weighted by Gasteiger charge is -2.08. The van der Waals surface area contributed by atoms with Crippen LogP contribution in [0, 0.1) is 19.7 Å². The standard InChI is InChI=1S/C17H24FN3/c1-5-9-19-11-14-7-8-15(16(18)10-14)17-12(3)20-21(6-2)13(17)4/h7-8,10,19H,5-6,9,11H2,1-4H3. The van der Waals surface area contributed by atoms with E-state index in [0.717, 1.165) is 42.0 Å². The predicted molar refractivity (Wildman–Crippen MR) is 84.8 cm³/mol. The van der Waals surface area contributed by atoms with Gasteiger partial charge in [0.1, 0.15) is 5.82 Å². The molecule has 1 aromatic heterocycles. The number of benzene rings is 1. The van der Waals surface area contributed by atoms with Crippen LogP contribution in [0.25, 0.3) is 11.1 Å². The zero-order valence-electron chi connectivity index (χ0n) is 13.3. The van der Waals surface area contributed by atoms with Crippen molar-refractivity contribution in [1.82, 2.24) is 15.1 Å². The van der Waals surface area contributed by atoms with Crippen LogP contribution in [-0.2, 0) is 13.1 Å². The largest absolute Gasteiger partial charge is 0.313 e. The van der Waals surface area contributed by atoms with Gasteiger partial charge in [-0.05, 0) is 45.4 Å². The highest BCUT2D eigenvalue weighted by Crippen LogP contribution is 2.29. The average molecular weight is 289 g/mol. The van der Waals surface area contributed by atoms with E-state index in [0.29, 0.717) is 12.1 Å². The highest BCUT2D eigenvalue weighted by atomic mass is 19.1. The molecule has 0 aliphatic rings. The molecule has 0 aliphatic carbocycles. The van der Waals surface area contributed by atoms with Crippen LogP contribution in [0.15, 0.2) is 18.2 Å². The number of aromatic nitrogens is 2. The topological polar surface area (TPSA) is 29.9 Å². The molecule has 0 unspecified atom stereocenters. The molecule has 114 valence electrons. The quantitative estimate of drug-likeness (QED) is 0.819. The second kappa shape index (κ2) is 6.85. The van der Waals surface area contributed by atoms with E-state index in [2.05, 4.69) is 17.3 Å². The van der Waals surface area contributed by atoms with Crippen LogP contribution in [0.5, 0.6) is 0 Å². The first-order valence-electron chi connectivity index (χ1n) is 7.62. The van der Waals surface area contributed by atoms with Crippen molar-refractivity contribution in [3.8, 4) is 11.1 Å². The van der Waals surface area contributed by atoms with Gasteiger partial charge in [-0.25, -0.2) is 4.39 Å². The fraction of sp³-hybridized carbons (Fsp3) is 0.471. The Labute approximate surface area is 126 Å². The zero-order chi connectivity index (χ0) is 15.4. The Morgan fingerprint density at radius 3 is 2.57 bits per heavy atom. The molecule has 4 heteroatoms. The van der Waals surface area contributed by atoms with Crippen LogP contribution in [-0.4, -0.2) is 16.3 Å². The van der Waals surface area contributed by atoms with Crippen molar-refractivity contribution in [2.24, 2.45) is 0 Å². The van der Waals surface area contributed by atoms with Crippen LogP contribution in [0.1, 0.15) is 37.2 Å². The van der Waals surface area contributed by atoms with Crippen molar-refractivity contribution in [1.29, 1.82) is 0 Å². The van der Waals surface area contributed by atoms with Crippen molar-refractivity contribution < 1.29 is 4.39 Å². The third-order valence-electron chi connectivity index (χ3n) is 3.74. The van der Waals surface area contributed by atoms with Crippen LogP contribution in [0.3, 0.4) is 0 Å². The fourth-order valence-electron chi connectivity index (χ4n) is 2.68. The van der Waals surface area contributed by atoms with Crippen LogP contribution in [0.4, 0.5) is 4.39 Å². The molecule has 1 heterocycles. The first kappa shape index (κ1) is 15.7. The number of nitrogens with zero attached hydrogens (tertiary/aromatic N) is 2. The first-order chi connectivity index (χ1) is 10.1. The number of nitrogens with one attached hydrogen (secondary N) is 1. The average Bonchev–Trinajstić information content (AvgIpc) is 2.74. The monoisotopic (exact) mass is 289 g/mol. The van der Waals surface area contributed by atoms with Crippen molar-refractivity contribution >= 4 is 0 Å². The maximum atomic E-state index is 14.5. The van der Waals surface area contributed by atoms with E-state index in [4.69, 9.17) is 0 Å². The van der Waals surface area contributed by atoms with Crippen molar-refractivity contribution in [3.05, 3.63) is 41.0 Å². The molecule has 0 saturated carbocycles. The fourth-order valence-corrected chi connectivity index (χ4v) is 2.68. The van der Waals surface area contributed by atoms with E-state index < -0.39 is 0 Å². The summed E-state index contributed by atoms with van der Waals surface area (Å²) in [6, 6.07) is 5.48. The minimum atomic E-state index is -0.173. The van der Waals surface area contributed by atoms with Gasteiger partial charge >= 0.3 is 0 Å². The van der Waals surface area contributed by atoms with Crippen LogP contribution in [0.2, 0.25) is 0 Å². The molecule has 3 nitrogen and oxygen atoms in total. The summed E-state index contributed by atoms with van der Waals surface area (Å²) in [4.78, 5) is 0. The maximum absolute atomic E-state index is 14.5. The van der Waals surface area contributed by atoms with E-state index in [9.17, 15) is 4.39 Å². The normalized spacial score (nSPS) is 11.1. The Kier molecular flexibility index (Phi) is 5.12. The van der Waals surface area contributed by atoms with E-state index in [1.54, 1.807) is 6.07 Å². The van der Waals surface area contributed by atoms with Gasteiger partial charge in [-0.1, -0.05) is 19.1 Å². The second-order valence-electron chi connectivity index (χ2n) is 5.35. The van der Waals surface area contributed by atoms with E-state index >= 15 is 0 Å². The van der Waals surface area contributed by atoms with Gasteiger partial charge in [0.2, 0.25) is 0 Å². The molecular formula is C17H24FN3. The van der Waals surface area contributed by atoms with Crippen molar-refractivity contribution in [2.75, 3.05) is 6.54 Å². The highest BCUT2D eigenvalue weighted by Gasteiger charge is 2.16. The Hall–Kier alpha value is -1.68. The molecule has 0 aliphatic heterocycles. The molecular weight excluding hydrogens is 265 g/mol. The second-order valence-corrected chi connectivity index (χ2v) is 5.35. The molecule has 1 N–H and O–H groups in total. The Morgan fingerprint density at radius 1 is 1.24 bits per heavy atom. The van der Waals surface area contributed by atoms with Crippen molar-refractivity contribution in [2.45, 2.75) is 47.2 Å². The summed E-state index contributed by atoms with van der Waals surface area (Å²) in [5, 5.41) is 7.76. The summed E-state index contributed by atoms with van der Waals surface area (Å²) < 4.78 is 16.4. The van der Waals surface area contributed by atoms with E-state index in [1.807, 2.05) is 37.6 Å². The van der Waals surface area contributed by atoms with Gasteiger partial charge in [-0.15, -0.1) is 0 Å². The predicted octanol–water partition coefficient (Wildman–Crippen LogP) is 3.83. The molecule has 0 spiro atoms. The minimum Gasteiger partial charge on any atom is -0.313 e. The summed E-state index contributed by atoms with van der Waals surface area (Å²) in [5.74, 6) is -0.173. The first-order valence-corrected chi connectivity index (χ1v) is 7.62. The number of aryl methyl sites for hydroxylation is 2. The summed E-state index contributed by atoms with van der Waals surface area (Å²) in [5.41, 5.74) is 4.44. The third kappa shape index (κ3) is 3.32. The molecule has 0 atom stereocenters. The van der Waals surface area contributed by atoms with Gasteiger partial charge in [-0.3, -0.25) is 4.68 Å². The summed E-state index contributed by atoms with van der Waals surface area (Å²) >= 11 is 0. The lowest BCUT2D eigenvalue weighted by atomic mass is 10.0. The molecule has 0 bridgehead atoms. The maximum Gasteiger partial charge on any atom is 0.131 e. The number of hydrogen-bond donors (Lipinski definition) is 1. The molecule has 21 heavy (non-hydrogen) atoms. The van der Waals surface area contributed by atoms with Crippen molar-refractivity contribution in [3.63, 3.8) is 0 Å². The SMILES string of the molecule is CCCNCc1ccc(-c2c(C)nn(CC)c2C)c(F)c1. The minimum absolute atomic E-state index is 0.173. The molecule has 0 fully saturated rings. The molecule has 1 aromatic carbocycles. The lowest BCUT2D eigenvalue weighted by molar-refractivity contribution is 0.621. The zero-order valence-corrected chi connectivity index (χ0v) is 13.3. The van der Waals surface area contributed by atoms with Crippen LogP contribution >= 0.6 is 0 Å². The number of halogens is 1. The van der Waals surface area contributed by atoms with Gasteiger partial charge < -0.3 is 5.32 Å². The number of hydrogen-bond acceptors (Lipinski definition) is 2. The van der Waals surface area contributed by atoms with Gasteiger partial charge in [0, 0.05) is 29.9 Å². The molecule has 0 radical (unpaired) electrons. The summed E-state index contributed by atoms with van der Waals surface area (Å²) in [6.45, 7) is 10.5. The third-order valence-corrected chi connectivity index (χ3v) is 3.74. The Bertz CT molecular complexity index is 617. The van der Waals surface area contributed by atoms with Gasteiger partial charge in [-0.2, -0.15) is 5.10 Å². The van der Waals surface area contributed by atoms with Gasteiger partial charge in [0.25, 0.3) is 0 Å². The molecule has 2 aromatic rings. The summed E-state index contributed by atoms with van der Waals surface area (Å²) in [7, 11) is 0.